The monoisotopic (exact) mass is 408 g/mol. The minimum atomic E-state index is -0.538. The maximum atomic E-state index is 12.9. The SMILES string of the molecule is CC(C)[C@H](C(=O)OC(C)(C)C)[C@H](Cc1ccc(Br)cc1)c1nn[nH]n1. The molecular formula is C18H25BrN4O2. The average Bonchev–Trinajstić information content (AvgIpc) is 3.00. The van der Waals surface area contributed by atoms with Crippen molar-refractivity contribution in [3.05, 3.63) is 40.1 Å². The van der Waals surface area contributed by atoms with Gasteiger partial charge >= 0.3 is 5.97 Å². The lowest BCUT2D eigenvalue weighted by Crippen LogP contribution is -2.35. The van der Waals surface area contributed by atoms with Crippen molar-refractivity contribution >= 4 is 21.9 Å². The summed E-state index contributed by atoms with van der Waals surface area (Å²) in [4.78, 5) is 12.9. The van der Waals surface area contributed by atoms with Gasteiger partial charge in [-0.05, 0) is 50.8 Å². The molecule has 0 amide bonds. The highest BCUT2D eigenvalue weighted by atomic mass is 79.9. The maximum absolute atomic E-state index is 12.9. The topological polar surface area (TPSA) is 80.8 Å². The molecule has 2 rings (SSSR count). The molecule has 0 spiro atoms. The van der Waals surface area contributed by atoms with Crippen molar-refractivity contribution in [3.63, 3.8) is 0 Å². The number of ether oxygens (including phenoxy) is 1. The Morgan fingerprint density at radius 1 is 1.24 bits per heavy atom. The van der Waals surface area contributed by atoms with E-state index in [1.54, 1.807) is 0 Å². The number of nitrogens with one attached hydrogen (secondary N) is 1. The summed E-state index contributed by atoms with van der Waals surface area (Å²) in [5, 5.41) is 14.5. The second kappa shape index (κ2) is 8.08. The molecule has 0 aliphatic heterocycles. The second-order valence-corrected chi connectivity index (χ2v) is 8.43. The van der Waals surface area contributed by atoms with E-state index in [1.165, 1.54) is 0 Å². The first kappa shape index (κ1) is 19.6. The maximum Gasteiger partial charge on any atom is 0.310 e. The van der Waals surface area contributed by atoms with Crippen LogP contribution in [0.3, 0.4) is 0 Å². The van der Waals surface area contributed by atoms with Gasteiger partial charge in [0.25, 0.3) is 0 Å². The predicted octanol–water partition coefficient (Wildman–Crippen LogP) is 3.90. The van der Waals surface area contributed by atoms with Crippen molar-refractivity contribution in [3.8, 4) is 0 Å². The van der Waals surface area contributed by atoms with E-state index in [2.05, 4.69) is 36.6 Å². The van der Waals surface area contributed by atoms with Crippen molar-refractivity contribution in [2.45, 2.75) is 52.6 Å². The number of nitrogens with zero attached hydrogens (tertiary/aromatic N) is 3. The lowest BCUT2D eigenvalue weighted by atomic mass is 9.79. The lowest BCUT2D eigenvalue weighted by Gasteiger charge is -2.30. The van der Waals surface area contributed by atoms with Gasteiger partial charge in [0.1, 0.15) is 5.60 Å². The van der Waals surface area contributed by atoms with Gasteiger partial charge < -0.3 is 4.74 Å². The molecule has 0 saturated carbocycles. The van der Waals surface area contributed by atoms with Gasteiger partial charge in [-0.1, -0.05) is 47.1 Å². The molecule has 7 heteroatoms. The van der Waals surface area contributed by atoms with Gasteiger partial charge in [0.05, 0.1) is 5.92 Å². The van der Waals surface area contributed by atoms with Gasteiger partial charge in [0, 0.05) is 10.4 Å². The Kier molecular flexibility index (Phi) is 6.32. The zero-order valence-corrected chi connectivity index (χ0v) is 16.9. The lowest BCUT2D eigenvalue weighted by molar-refractivity contribution is -0.162. The van der Waals surface area contributed by atoms with Crippen molar-refractivity contribution in [1.29, 1.82) is 0 Å². The summed E-state index contributed by atoms with van der Waals surface area (Å²) in [6.45, 7) is 9.66. The third-order valence-corrected chi connectivity index (χ3v) is 4.42. The Bertz CT molecular complexity index is 678. The highest BCUT2D eigenvalue weighted by Crippen LogP contribution is 2.33. The summed E-state index contributed by atoms with van der Waals surface area (Å²) < 4.78 is 6.68. The molecule has 25 heavy (non-hydrogen) atoms. The number of halogens is 1. The Morgan fingerprint density at radius 2 is 1.88 bits per heavy atom. The first-order valence-corrected chi connectivity index (χ1v) is 9.17. The van der Waals surface area contributed by atoms with E-state index in [-0.39, 0.29) is 23.7 Å². The van der Waals surface area contributed by atoms with E-state index < -0.39 is 5.60 Å². The number of aromatic nitrogens is 4. The van der Waals surface area contributed by atoms with Crippen molar-refractivity contribution in [1.82, 2.24) is 20.6 Å². The molecule has 0 aliphatic carbocycles. The molecule has 0 aliphatic rings. The zero-order valence-electron chi connectivity index (χ0n) is 15.3. The molecule has 2 aromatic rings. The Balaban J connectivity index is 2.34. The van der Waals surface area contributed by atoms with Gasteiger partial charge in [0.2, 0.25) is 0 Å². The summed E-state index contributed by atoms with van der Waals surface area (Å²) in [5.74, 6) is -0.189. The number of carbonyl (C=O) groups is 1. The number of H-pyrrole nitrogens is 1. The first-order valence-electron chi connectivity index (χ1n) is 8.38. The molecule has 1 heterocycles. The molecule has 2 atom stereocenters. The van der Waals surface area contributed by atoms with Gasteiger partial charge in [-0.2, -0.15) is 5.21 Å². The Hall–Kier alpha value is -1.76. The van der Waals surface area contributed by atoms with Crippen LogP contribution >= 0.6 is 15.9 Å². The average molecular weight is 409 g/mol. The van der Waals surface area contributed by atoms with Crippen molar-refractivity contribution in [2.75, 3.05) is 0 Å². The fourth-order valence-electron chi connectivity index (χ4n) is 2.85. The molecule has 0 saturated heterocycles. The van der Waals surface area contributed by atoms with Gasteiger partial charge in [-0.25, -0.2) is 0 Å². The fraction of sp³-hybridized carbons (Fsp3) is 0.556. The third kappa shape index (κ3) is 5.63. The standard InChI is InChI=1S/C18H25BrN4O2/c1-11(2)15(17(24)25-18(3,4)5)14(16-20-22-23-21-16)10-12-6-8-13(19)9-7-12/h6-9,11,14-15H,10H2,1-5H3,(H,20,21,22,23)/t14-,15-/m0/s1. The van der Waals surface area contributed by atoms with Crippen LogP contribution < -0.4 is 0 Å². The molecule has 6 nitrogen and oxygen atoms in total. The van der Waals surface area contributed by atoms with Crippen LogP contribution in [0, 0.1) is 11.8 Å². The summed E-state index contributed by atoms with van der Waals surface area (Å²) in [6.07, 6.45) is 0.634. The van der Waals surface area contributed by atoms with Crippen LogP contribution in [0.25, 0.3) is 0 Å². The Morgan fingerprint density at radius 3 is 2.36 bits per heavy atom. The smallest absolute Gasteiger partial charge is 0.310 e. The summed E-state index contributed by atoms with van der Waals surface area (Å²) in [6, 6.07) is 8.04. The number of carbonyl (C=O) groups excluding carboxylic acids is 1. The quantitative estimate of drug-likeness (QED) is 0.732. The number of hydrogen-bond donors (Lipinski definition) is 1. The summed E-state index contributed by atoms with van der Waals surface area (Å²) >= 11 is 3.44. The molecule has 1 aromatic heterocycles. The number of rotatable bonds is 6. The van der Waals surface area contributed by atoms with Gasteiger partial charge in [0.15, 0.2) is 5.82 Å². The summed E-state index contributed by atoms with van der Waals surface area (Å²) in [7, 11) is 0. The highest BCUT2D eigenvalue weighted by Gasteiger charge is 2.37. The van der Waals surface area contributed by atoms with Crippen LogP contribution in [0.2, 0.25) is 0 Å². The van der Waals surface area contributed by atoms with Gasteiger partial charge in [-0.15, -0.1) is 10.2 Å². The van der Waals surface area contributed by atoms with Crippen molar-refractivity contribution < 1.29 is 9.53 Å². The first-order chi connectivity index (χ1) is 11.7. The van der Waals surface area contributed by atoms with Crippen LogP contribution in [0.1, 0.15) is 51.9 Å². The van der Waals surface area contributed by atoms with E-state index in [9.17, 15) is 4.79 Å². The van der Waals surface area contributed by atoms with Crippen LogP contribution in [-0.2, 0) is 16.0 Å². The highest BCUT2D eigenvalue weighted by molar-refractivity contribution is 9.10. The third-order valence-electron chi connectivity index (χ3n) is 3.89. The normalized spacial score (nSPS) is 14.4. The van der Waals surface area contributed by atoms with E-state index in [4.69, 9.17) is 4.74 Å². The van der Waals surface area contributed by atoms with Gasteiger partial charge in [-0.3, -0.25) is 4.79 Å². The van der Waals surface area contributed by atoms with E-state index >= 15 is 0 Å². The Labute approximate surface area is 156 Å². The van der Waals surface area contributed by atoms with Crippen molar-refractivity contribution in [2.24, 2.45) is 11.8 Å². The van der Waals surface area contributed by atoms with Crippen LogP contribution in [0.15, 0.2) is 28.7 Å². The predicted molar refractivity (Wildman–Crippen MR) is 98.9 cm³/mol. The molecule has 0 fully saturated rings. The number of aromatic amines is 1. The van der Waals surface area contributed by atoms with Crippen LogP contribution in [-0.4, -0.2) is 32.2 Å². The second-order valence-electron chi connectivity index (χ2n) is 7.51. The van der Waals surface area contributed by atoms with E-state index in [0.717, 1.165) is 10.0 Å². The largest absolute Gasteiger partial charge is 0.460 e. The fourth-order valence-corrected chi connectivity index (χ4v) is 3.12. The molecule has 0 bridgehead atoms. The molecular weight excluding hydrogens is 384 g/mol. The minimum Gasteiger partial charge on any atom is -0.460 e. The van der Waals surface area contributed by atoms with Crippen LogP contribution in [0.5, 0.6) is 0 Å². The molecule has 1 N–H and O–H groups in total. The molecule has 0 unspecified atom stereocenters. The number of benzene rings is 1. The number of hydrogen-bond acceptors (Lipinski definition) is 5. The van der Waals surface area contributed by atoms with E-state index in [0.29, 0.717) is 12.2 Å². The zero-order chi connectivity index (χ0) is 18.6. The number of tetrazole rings is 1. The van der Waals surface area contributed by atoms with Crippen LogP contribution in [0.4, 0.5) is 0 Å². The summed E-state index contributed by atoms with van der Waals surface area (Å²) in [5.41, 5.74) is 0.566. The molecule has 1 aromatic carbocycles. The molecule has 0 radical (unpaired) electrons. The number of esters is 1. The minimum absolute atomic E-state index is 0.0776. The van der Waals surface area contributed by atoms with E-state index in [1.807, 2.05) is 58.9 Å². The molecule has 136 valence electrons.